The van der Waals surface area contributed by atoms with Gasteiger partial charge >= 0.3 is 0 Å². The molecule has 1 aliphatic rings. The molecule has 12 rings (SSSR count). The third-order valence-electron chi connectivity index (χ3n) is 12.7. The fourth-order valence-electron chi connectivity index (χ4n) is 10.1. The summed E-state index contributed by atoms with van der Waals surface area (Å²) in [6.45, 7) is 0. The molecule has 0 fully saturated rings. The van der Waals surface area contributed by atoms with E-state index in [0.29, 0.717) is 0 Å². The van der Waals surface area contributed by atoms with Crippen molar-refractivity contribution in [2.45, 2.75) is 5.41 Å². The molecule has 0 unspecified atom stereocenters. The molecule has 0 atom stereocenters. The summed E-state index contributed by atoms with van der Waals surface area (Å²) in [5.74, 6) is 0. The molecule has 0 saturated heterocycles. The minimum atomic E-state index is -0.464. The smallest absolute Gasteiger partial charge is 0.0713 e. The number of fused-ring (bicyclic) bond motifs is 8. The third kappa shape index (κ3) is 5.53. The molecule has 11 aromatic rings. The zero-order valence-electron chi connectivity index (χ0n) is 33.4. The van der Waals surface area contributed by atoms with E-state index >= 15 is 0 Å². The van der Waals surface area contributed by atoms with Crippen molar-refractivity contribution in [1.82, 2.24) is 0 Å². The van der Waals surface area contributed by atoms with Crippen LogP contribution in [-0.2, 0) is 5.41 Å². The van der Waals surface area contributed by atoms with E-state index in [0.717, 1.165) is 11.4 Å². The standard InChI is InChI=1S/C59H39NS/c1-5-18-40(19-6-1)41-32-35-46(36-33-41)60(45-24-11-4-12-25-45)56-31-17-29-51-53-39-52(47-26-13-14-28-50(47)57(53)61-58(51)56)42-34-37-49-48-27-15-16-30-54(48)59(55(49)38-42,43-20-7-2-8-21-43)44-22-9-3-10-23-44/h1-39H. The van der Waals surface area contributed by atoms with Crippen LogP contribution >= 0.6 is 11.3 Å². The van der Waals surface area contributed by atoms with Crippen molar-refractivity contribution in [2.75, 3.05) is 4.90 Å². The van der Waals surface area contributed by atoms with E-state index in [9.17, 15) is 0 Å². The lowest BCUT2D eigenvalue weighted by atomic mass is 9.67. The van der Waals surface area contributed by atoms with Gasteiger partial charge in [-0.15, -0.1) is 11.3 Å². The lowest BCUT2D eigenvalue weighted by molar-refractivity contribution is 0.769. The van der Waals surface area contributed by atoms with E-state index in [1.165, 1.54) is 92.3 Å². The highest BCUT2D eigenvalue weighted by Crippen LogP contribution is 2.57. The highest BCUT2D eigenvalue weighted by molar-refractivity contribution is 7.27. The molecule has 1 aromatic heterocycles. The predicted molar refractivity (Wildman–Crippen MR) is 260 cm³/mol. The van der Waals surface area contributed by atoms with Gasteiger partial charge in [0, 0.05) is 32.2 Å². The Kier molecular flexibility index (Phi) is 8.33. The molecule has 0 saturated carbocycles. The molecular weight excluding hydrogens is 755 g/mol. The van der Waals surface area contributed by atoms with E-state index in [4.69, 9.17) is 0 Å². The molecule has 10 aromatic carbocycles. The fraction of sp³-hybridized carbons (Fsp3) is 0.0169. The molecule has 1 heterocycles. The minimum absolute atomic E-state index is 0.464. The van der Waals surface area contributed by atoms with Crippen molar-refractivity contribution >= 4 is 59.3 Å². The molecule has 1 nitrogen and oxygen atoms in total. The average molecular weight is 794 g/mol. The summed E-state index contributed by atoms with van der Waals surface area (Å²) in [4.78, 5) is 2.42. The van der Waals surface area contributed by atoms with Crippen LogP contribution in [-0.4, -0.2) is 0 Å². The van der Waals surface area contributed by atoms with E-state index in [-0.39, 0.29) is 0 Å². The van der Waals surface area contributed by atoms with Gasteiger partial charge in [0.1, 0.15) is 0 Å². The summed E-state index contributed by atoms with van der Waals surface area (Å²) < 4.78 is 2.58. The second-order valence-electron chi connectivity index (χ2n) is 16.0. The second kappa shape index (κ2) is 14.3. The first-order valence-electron chi connectivity index (χ1n) is 21.0. The summed E-state index contributed by atoms with van der Waals surface area (Å²) in [7, 11) is 0. The first kappa shape index (κ1) is 35.4. The summed E-state index contributed by atoms with van der Waals surface area (Å²) >= 11 is 1.90. The zero-order chi connectivity index (χ0) is 40.3. The van der Waals surface area contributed by atoms with Crippen LogP contribution in [0.3, 0.4) is 0 Å². The fourth-order valence-corrected chi connectivity index (χ4v) is 11.4. The van der Waals surface area contributed by atoms with E-state index < -0.39 is 5.41 Å². The Morgan fingerprint density at radius 1 is 0.311 bits per heavy atom. The molecule has 286 valence electrons. The minimum Gasteiger partial charge on any atom is -0.309 e. The van der Waals surface area contributed by atoms with Gasteiger partial charge in [-0.2, -0.15) is 0 Å². The van der Waals surface area contributed by atoms with Gasteiger partial charge in [0.25, 0.3) is 0 Å². The topological polar surface area (TPSA) is 3.24 Å². The number of anilines is 3. The normalized spacial score (nSPS) is 12.7. The molecule has 0 aliphatic heterocycles. The summed E-state index contributed by atoms with van der Waals surface area (Å²) in [5, 5.41) is 5.09. The second-order valence-corrected chi connectivity index (χ2v) is 17.0. The SMILES string of the molecule is c1ccc(-c2ccc(N(c3ccccc3)c3cccc4c3sc3c5ccccc5c(-c5ccc6c(c5)C(c5ccccc5)(c5ccccc5)c5ccccc5-6)cc43)cc2)cc1. The maximum absolute atomic E-state index is 2.50. The maximum atomic E-state index is 2.50. The number of nitrogens with zero attached hydrogens (tertiary/aromatic N) is 1. The Labute approximate surface area is 360 Å². The highest BCUT2D eigenvalue weighted by atomic mass is 32.1. The first-order chi connectivity index (χ1) is 30.3. The van der Waals surface area contributed by atoms with Crippen molar-refractivity contribution in [1.29, 1.82) is 0 Å². The van der Waals surface area contributed by atoms with Crippen LogP contribution in [0.2, 0.25) is 0 Å². The molecule has 1 aliphatic carbocycles. The molecule has 0 bridgehead atoms. The van der Waals surface area contributed by atoms with E-state index in [2.05, 4.69) is 241 Å². The number of para-hydroxylation sites is 1. The Balaban J connectivity index is 1.08. The lowest BCUT2D eigenvalue weighted by Gasteiger charge is -2.34. The Morgan fingerprint density at radius 2 is 0.836 bits per heavy atom. The number of thiophene rings is 1. The number of hydrogen-bond acceptors (Lipinski definition) is 2. The van der Waals surface area contributed by atoms with Crippen LogP contribution in [0.4, 0.5) is 17.1 Å². The molecular formula is C59H39NS. The van der Waals surface area contributed by atoms with Crippen molar-refractivity contribution in [3.8, 4) is 33.4 Å². The van der Waals surface area contributed by atoms with Crippen molar-refractivity contribution in [3.63, 3.8) is 0 Å². The van der Waals surface area contributed by atoms with Gasteiger partial charge < -0.3 is 4.90 Å². The lowest BCUT2D eigenvalue weighted by Crippen LogP contribution is -2.28. The van der Waals surface area contributed by atoms with Gasteiger partial charge in [0.05, 0.1) is 15.8 Å². The van der Waals surface area contributed by atoms with Gasteiger partial charge in [-0.1, -0.05) is 194 Å². The Bertz CT molecular complexity index is 3350. The molecule has 2 heteroatoms. The van der Waals surface area contributed by atoms with Gasteiger partial charge in [-0.25, -0.2) is 0 Å². The van der Waals surface area contributed by atoms with Crippen molar-refractivity contribution in [2.24, 2.45) is 0 Å². The van der Waals surface area contributed by atoms with Crippen molar-refractivity contribution < 1.29 is 0 Å². The third-order valence-corrected chi connectivity index (χ3v) is 14.0. The Hall–Kier alpha value is -7.52. The number of hydrogen-bond donors (Lipinski definition) is 0. The molecule has 0 spiro atoms. The van der Waals surface area contributed by atoms with E-state index in [1.54, 1.807) is 0 Å². The summed E-state index contributed by atoms with van der Waals surface area (Å²) in [5.41, 5.74) is 15.7. The zero-order valence-corrected chi connectivity index (χ0v) is 34.2. The summed E-state index contributed by atoms with van der Waals surface area (Å²) in [6, 6.07) is 87.1. The largest absolute Gasteiger partial charge is 0.309 e. The van der Waals surface area contributed by atoms with Crippen molar-refractivity contribution in [3.05, 3.63) is 259 Å². The van der Waals surface area contributed by atoms with Crippen LogP contribution in [0.15, 0.2) is 237 Å². The Morgan fingerprint density at radius 3 is 1.56 bits per heavy atom. The molecule has 0 N–H and O–H groups in total. The number of rotatable bonds is 7. The molecule has 0 radical (unpaired) electrons. The highest BCUT2D eigenvalue weighted by Gasteiger charge is 2.46. The van der Waals surface area contributed by atoms with Crippen LogP contribution in [0, 0.1) is 0 Å². The first-order valence-corrected chi connectivity index (χ1v) is 21.8. The van der Waals surface area contributed by atoms with Crippen LogP contribution in [0.1, 0.15) is 22.3 Å². The van der Waals surface area contributed by atoms with Crippen LogP contribution in [0.5, 0.6) is 0 Å². The van der Waals surface area contributed by atoms with Gasteiger partial charge in [0.15, 0.2) is 0 Å². The maximum Gasteiger partial charge on any atom is 0.0713 e. The molecule has 61 heavy (non-hydrogen) atoms. The van der Waals surface area contributed by atoms with Gasteiger partial charge in [-0.3, -0.25) is 0 Å². The monoisotopic (exact) mass is 793 g/mol. The summed E-state index contributed by atoms with van der Waals surface area (Å²) in [6.07, 6.45) is 0. The number of benzene rings is 10. The van der Waals surface area contributed by atoms with Crippen LogP contribution in [0.25, 0.3) is 64.3 Å². The molecule has 0 amide bonds. The van der Waals surface area contributed by atoms with Crippen LogP contribution < -0.4 is 4.90 Å². The van der Waals surface area contributed by atoms with Gasteiger partial charge in [0.2, 0.25) is 0 Å². The van der Waals surface area contributed by atoms with E-state index in [1.807, 2.05) is 11.3 Å². The predicted octanol–water partition coefficient (Wildman–Crippen LogP) is 16.4. The van der Waals surface area contributed by atoms with Gasteiger partial charge in [-0.05, 0) is 103 Å². The average Bonchev–Trinajstić information content (AvgIpc) is 3.87. The quantitative estimate of drug-likeness (QED) is 0.155.